The maximum absolute atomic E-state index is 12.0. The van der Waals surface area contributed by atoms with Crippen LogP contribution < -0.4 is 5.32 Å². The zero-order valence-electron chi connectivity index (χ0n) is 11.4. The molecule has 0 aliphatic rings. The third-order valence-electron chi connectivity index (χ3n) is 2.88. The number of nitrogens with zero attached hydrogens (tertiary/aromatic N) is 4. The van der Waals surface area contributed by atoms with Gasteiger partial charge in [-0.1, -0.05) is 0 Å². The topological polar surface area (TPSA) is 114 Å². The number of hydrogen-bond acceptors (Lipinski definition) is 5. The average molecular weight is 364 g/mol. The lowest BCUT2D eigenvalue weighted by Crippen LogP contribution is -2.20. The van der Waals surface area contributed by atoms with Gasteiger partial charge in [0.25, 0.3) is 0 Å². The smallest absolute Gasteiger partial charge is 0.358 e. The van der Waals surface area contributed by atoms with Crippen molar-refractivity contribution in [1.29, 1.82) is 5.26 Å². The molecule has 0 unspecified atom stereocenters. The van der Waals surface area contributed by atoms with Crippen molar-refractivity contribution in [3.05, 3.63) is 50.1 Å². The van der Waals surface area contributed by atoms with E-state index in [0.717, 1.165) is 0 Å². The van der Waals surface area contributed by atoms with Crippen molar-refractivity contribution in [1.82, 2.24) is 9.78 Å². The minimum atomic E-state index is -0.619. The van der Waals surface area contributed by atoms with E-state index in [1.54, 1.807) is 31.2 Å². The van der Waals surface area contributed by atoms with Crippen LogP contribution in [0.3, 0.4) is 0 Å². The summed E-state index contributed by atoms with van der Waals surface area (Å²) in [6.07, 6.45) is 0. The highest BCUT2D eigenvalue weighted by molar-refractivity contribution is 9.10. The van der Waals surface area contributed by atoms with E-state index in [0.29, 0.717) is 16.9 Å². The Kier molecular flexibility index (Phi) is 4.53. The Morgan fingerprint density at radius 1 is 1.50 bits per heavy atom. The van der Waals surface area contributed by atoms with E-state index in [4.69, 9.17) is 5.26 Å². The van der Waals surface area contributed by atoms with Crippen LogP contribution in [0.5, 0.6) is 0 Å². The van der Waals surface area contributed by atoms with E-state index < -0.39 is 4.92 Å². The molecule has 0 radical (unpaired) electrons. The highest BCUT2D eigenvalue weighted by Crippen LogP contribution is 2.26. The van der Waals surface area contributed by atoms with Gasteiger partial charge in [-0.25, -0.2) is 0 Å². The minimum absolute atomic E-state index is 0.154. The average Bonchev–Trinajstić information content (AvgIpc) is 2.76. The fraction of sp³-hybridized carbons (Fsp3) is 0.154. The third-order valence-corrected chi connectivity index (χ3v) is 3.81. The standard InChI is InChI=1S/C13H10BrN5O3/c1-8-12(14)13(19(21)22)17-18(8)7-11(20)16-10-4-2-9(6-15)3-5-10/h2-5H,7H2,1H3,(H,16,20). The number of carbonyl (C=O) groups is 1. The Balaban J connectivity index is 2.10. The number of carbonyl (C=O) groups excluding carboxylic acids is 1. The largest absolute Gasteiger partial charge is 0.404 e. The summed E-state index contributed by atoms with van der Waals surface area (Å²) in [5.74, 6) is -0.707. The second-order valence-corrected chi connectivity index (χ2v) is 5.17. The Bertz CT molecular complexity index is 776. The van der Waals surface area contributed by atoms with Gasteiger partial charge in [-0.3, -0.25) is 4.79 Å². The van der Waals surface area contributed by atoms with Crippen LogP contribution in [0.25, 0.3) is 0 Å². The van der Waals surface area contributed by atoms with Crippen molar-refractivity contribution in [2.45, 2.75) is 13.5 Å². The van der Waals surface area contributed by atoms with Gasteiger partial charge in [-0.05, 0) is 52.0 Å². The quantitative estimate of drug-likeness (QED) is 0.661. The number of nitriles is 1. The molecule has 0 spiro atoms. The number of nitro groups is 1. The number of rotatable bonds is 4. The Labute approximate surface area is 133 Å². The van der Waals surface area contributed by atoms with Crippen molar-refractivity contribution >= 4 is 33.3 Å². The molecule has 0 fully saturated rings. The zero-order chi connectivity index (χ0) is 16.3. The van der Waals surface area contributed by atoms with Gasteiger partial charge >= 0.3 is 5.82 Å². The van der Waals surface area contributed by atoms with Crippen LogP contribution >= 0.6 is 15.9 Å². The molecule has 1 amide bonds. The van der Waals surface area contributed by atoms with Crippen LogP contribution in [0.2, 0.25) is 0 Å². The minimum Gasteiger partial charge on any atom is -0.358 e. The van der Waals surface area contributed by atoms with Gasteiger partial charge in [0.15, 0.2) is 0 Å². The van der Waals surface area contributed by atoms with Crippen LogP contribution in [0.15, 0.2) is 28.7 Å². The summed E-state index contributed by atoms with van der Waals surface area (Å²) in [6.45, 7) is 1.47. The molecule has 0 saturated heterocycles. The SMILES string of the molecule is Cc1c(Br)c([N+](=O)[O-])nn1CC(=O)Nc1ccc(C#N)cc1. The van der Waals surface area contributed by atoms with Gasteiger partial charge in [0, 0.05) is 5.69 Å². The van der Waals surface area contributed by atoms with E-state index in [-0.39, 0.29) is 22.7 Å². The number of aromatic nitrogens is 2. The highest BCUT2D eigenvalue weighted by Gasteiger charge is 2.24. The summed E-state index contributed by atoms with van der Waals surface area (Å²) in [4.78, 5) is 22.1. The normalized spacial score (nSPS) is 10.0. The molecule has 2 aromatic rings. The Morgan fingerprint density at radius 3 is 2.64 bits per heavy atom. The number of benzene rings is 1. The van der Waals surface area contributed by atoms with E-state index in [2.05, 4.69) is 26.3 Å². The van der Waals surface area contributed by atoms with E-state index in [1.807, 2.05) is 6.07 Å². The van der Waals surface area contributed by atoms with Crippen molar-refractivity contribution in [3.8, 4) is 6.07 Å². The predicted octanol–water partition coefficient (Wildman–Crippen LogP) is 2.37. The molecular weight excluding hydrogens is 354 g/mol. The molecule has 0 bridgehead atoms. The first kappa shape index (κ1) is 15.7. The first-order valence-electron chi connectivity index (χ1n) is 6.09. The number of anilines is 1. The summed E-state index contributed by atoms with van der Waals surface area (Å²) >= 11 is 3.09. The van der Waals surface area contributed by atoms with Gasteiger partial charge in [-0.2, -0.15) is 9.94 Å². The number of halogens is 1. The third kappa shape index (κ3) is 3.29. The molecular formula is C13H10BrN5O3. The monoisotopic (exact) mass is 363 g/mol. The lowest BCUT2D eigenvalue weighted by Gasteiger charge is -2.04. The lowest BCUT2D eigenvalue weighted by atomic mass is 10.2. The molecule has 0 atom stereocenters. The maximum Gasteiger partial charge on any atom is 0.404 e. The Morgan fingerprint density at radius 2 is 2.14 bits per heavy atom. The van der Waals surface area contributed by atoms with Crippen molar-refractivity contribution in [2.24, 2.45) is 0 Å². The number of hydrogen-bond donors (Lipinski definition) is 1. The second kappa shape index (κ2) is 6.36. The summed E-state index contributed by atoms with van der Waals surface area (Å²) in [6, 6.07) is 8.34. The molecule has 1 aromatic heterocycles. The van der Waals surface area contributed by atoms with Gasteiger partial charge in [-0.15, -0.1) is 0 Å². The van der Waals surface area contributed by atoms with Crippen LogP contribution in [0.4, 0.5) is 11.5 Å². The molecule has 22 heavy (non-hydrogen) atoms. The molecule has 2 rings (SSSR count). The van der Waals surface area contributed by atoms with E-state index >= 15 is 0 Å². The summed E-state index contributed by atoms with van der Waals surface area (Å²) < 4.78 is 1.50. The fourth-order valence-electron chi connectivity index (χ4n) is 1.74. The lowest BCUT2D eigenvalue weighted by molar-refractivity contribution is -0.390. The molecule has 112 valence electrons. The molecule has 0 saturated carbocycles. The zero-order valence-corrected chi connectivity index (χ0v) is 13.0. The van der Waals surface area contributed by atoms with Gasteiger partial charge in [0.1, 0.15) is 11.0 Å². The summed E-state index contributed by atoms with van der Waals surface area (Å²) in [5, 5.41) is 25.9. The summed E-state index contributed by atoms with van der Waals surface area (Å²) in [7, 11) is 0. The fourth-order valence-corrected chi connectivity index (χ4v) is 2.17. The first-order chi connectivity index (χ1) is 10.4. The number of nitrogens with one attached hydrogen (secondary N) is 1. The molecule has 0 aliphatic carbocycles. The number of amides is 1. The van der Waals surface area contributed by atoms with Gasteiger partial charge in [0.05, 0.1) is 22.4 Å². The van der Waals surface area contributed by atoms with Crippen LogP contribution in [-0.2, 0) is 11.3 Å². The predicted molar refractivity (Wildman–Crippen MR) is 81.1 cm³/mol. The van der Waals surface area contributed by atoms with Gasteiger partial charge < -0.3 is 15.4 Å². The molecule has 8 nitrogen and oxygen atoms in total. The molecule has 9 heteroatoms. The first-order valence-corrected chi connectivity index (χ1v) is 6.89. The molecule has 1 heterocycles. The van der Waals surface area contributed by atoms with Gasteiger partial charge in [0.2, 0.25) is 5.91 Å². The van der Waals surface area contributed by atoms with E-state index in [9.17, 15) is 14.9 Å². The van der Waals surface area contributed by atoms with Crippen molar-refractivity contribution in [2.75, 3.05) is 5.32 Å². The maximum atomic E-state index is 12.0. The van der Waals surface area contributed by atoms with E-state index in [1.165, 1.54) is 4.68 Å². The van der Waals surface area contributed by atoms with Crippen molar-refractivity contribution in [3.63, 3.8) is 0 Å². The van der Waals surface area contributed by atoms with Crippen LogP contribution in [0, 0.1) is 28.4 Å². The Hall–Kier alpha value is -2.73. The second-order valence-electron chi connectivity index (χ2n) is 4.38. The summed E-state index contributed by atoms with van der Waals surface area (Å²) in [5.41, 5.74) is 1.50. The molecule has 0 aliphatic heterocycles. The van der Waals surface area contributed by atoms with Crippen LogP contribution in [-0.4, -0.2) is 20.6 Å². The van der Waals surface area contributed by atoms with Crippen LogP contribution in [0.1, 0.15) is 11.3 Å². The highest BCUT2D eigenvalue weighted by atomic mass is 79.9. The van der Waals surface area contributed by atoms with Crippen molar-refractivity contribution < 1.29 is 9.72 Å². The molecule has 1 aromatic carbocycles. The molecule has 1 N–H and O–H groups in total.